The normalized spacial score (nSPS) is 20.3. The topological polar surface area (TPSA) is 122 Å². The molecule has 31 heavy (non-hydrogen) atoms. The first-order valence-corrected chi connectivity index (χ1v) is 10.9. The Bertz CT molecular complexity index is 876. The summed E-state index contributed by atoms with van der Waals surface area (Å²) in [4.78, 5) is 13.8. The molecule has 3 rings (SSSR count). The molecule has 2 heterocycles. The highest BCUT2D eigenvalue weighted by Gasteiger charge is 2.39. The number of thiocarbonyl (C=S) groups is 1. The van der Waals surface area contributed by atoms with E-state index in [4.69, 9.17) is 32.2 Å². The van der Waals surface area contributed by atoms with E-state index in [0.29, 0.717) is 5.56 Å². The van der Waals surface area contributed by atoms with Gasteiger partial charge in [0.25, 0.3) is 0 Å². The maximum absolute atomic E-state index is 12.4. The third kappa shape index (κ3) is 6.90. The van der Waals surface area contributed by atoms with Crippen LogP contribution in [0, 0.1) is 17.2 Å². The van der Waals surface area contributed by atoms with Crippen LogP contribution >= 0.6 is 28.1 Å². The summed E-state index contributed by atoms with van der Waals surface area (Å²) in [5.41, 5.74) is 5.88. The molecular formula is C21H26BrN3O5S. The van der Waals surface area contributed by atoms with Crippen LogP contribution < -0.4 is 15.7 Å². The van der Waals surface area contributed by atoms with E-state index >= 15 is 0 Å². The highest BCUT2D eigenvalue weighted by Crippen LogP contribution is 2.38. The van der Waals surface area contributed by atoms with E-state index in [-0.39, 0.29) is 10.6 Å². The van der Waals surface area contributed by atoms with Crippen molar-refractivity contribution in [1.29, 1.82) is 5.26 Å². The summed E-state index contributed by atoms with van der Waals surface area (Å²) in [5, 5.41) is 21.8. The highest BCUT2D eigenvalue weighted by atomic mass is 79.9. The van der Waals surface area contributed by atoms with Gasteiger partial charge in [-0.15, -0.1) is 0 Å². The number of halogens is 1. The van der Waals surface area contributed by atoms with Crippen molar-refractivity contribution in [2.24, 2.45) is 11.7 Å². The van der Waals surface area contributed by atoms with E-state index in [2.05, 4.69) is 23.0 Å². The first-order valence-electron chi connectivity index (χ1n) is 9.72. The predicted molar refractivity (Wildman–Crippen MR) is 118 cm³/mol. The Kier molecular flexibility index (Phi) is 8.82. The SMILES string of the molecule is CC1(C)OC(=O)C(C(c2ccc(Br)cc2)C(C#N)C(N)=S)=C([O-])O1.C[NH+]1CCOCC1. The lowest BCUT2D eigenvalue weighted by molar-refractivity contribution is -0.888. The monoisotopic (exact) mass is 511 g/mol. The number of nitrogens with zero attached hydrogens (tertiary/aromatic N) is 1. The Labute approximate surface area is 195 Å². The van der Waals surface area contributed by atoms with Gasteiger partial charge >= 0.3 is 5.97 Å². The molecule has 1 saturated heterocycles. The molecule has 0 bridgehead atoms. The number of quaternary nitrogens is 1. The molecule has 0 radical (unpaired) electrons. The van der Waals surface area contributed by atoms with Crippen molar-refractivity contribution >= 4 is 39.1 Å². The summed E-state index contributed by atoms with van der Waals surface area (Å²) in [6.45, 7) is 7.16. The first kappa shape index (κ1) is 25.1. The van der Waals surface area contributed by atoms with Gasteiger partial charge in [-0.3, -0.25) is 0 Å². The minimum absolute atomic E-state index is 0.122. The molecule has 2 aliphatic heterocycles. The molecule has 2 atom stereocenters. The lowest BCUT2D eigenvalue weighted by Gasteiger charge is -2.41. The Balaban J connectivity index is 0.000000412. The molecule has 0 aliphatic carbocycles. The number of benzene rings is 1. The van der Waals surface area contributed by atoms with E-state index < -0.39 is 29.5 Å². The van der Waals surface area contributed by atoms with Crippen molar-refractivity contribution in [2.45, 2.75) is 25.6 Å². The van der Waals surface area contributed by atoms with Crippen molar-refractivity contribution in [2.75, 3.05) is 33.4 Å². The van der Waals surface area contributed by atoms with E-state index in [1.54, 1.807) is 29.2 Å². The van der Waals surface area contributed by atoms with Gasteiger partial charge < -0.3 is 30.0 Å². The van der Waals surface area contributed by atoms with Gasteiger partial charge in [-0.25, -0.2) is 4.79 Å². The average Bonchev–Trinajstić information content (AvgIpc) is 2.67. The fourth-order valence-corrected chi connectivity index (χ4v) is 3.59. The molecule has 168 valence electrons. The van der Waals surface area contributed by atoms with E-state index in [9.17, 15) is 15.2 Å². The molecular weight excluding hydrogens is 486 g/mol. The lowest BCUT2D eigenvalue weighted by atomic mass is 9.80. The second-order valence-electron chi connectivity index (χ2n) is 7.70. The number of esters is 1. The predicted octanol–water partition coefficient (Wildman–Crippen LogP) is 0.371. The number of nitrogens with one attached hydrogen (secondary N) is 1. The van der Waals surface area contributed by atoms with E-state index in [1.807, 2.05) is 6.07 Å². The number of hydrogen-bond donors (Lipinski definition) is 2. The van der Waals surface area contributed by atoms with Crippen LogP contribution in [0.15, 0.2) is 40.3 Å². The molecule has 1 aromatic carbocycles. The number of ether oxygens (including phenoxy) is 3. The van der Waals surface area contributed by atoms with Crippen molar-refractivity contribution in [3.63, 3.8) is 0 Å². The molecule has 0 aromatic heterocycles. The summed E-state index contributed by atoms with van der Waals surface area (Å²) < 4.78 is 16.2. The lowest BCUT2D eigenvalue weighted by Crippen LogP contribution is -3.11. The molecule has 0 amide bonds. The van der Waals surface area contributed by atoms with E-state index in [0.717, 1.165) is 17.7 Å². The maximum Gasteiger partial charge on any atom is 0.337 e. The van der Waals surface area contributed by atoms with Crippen LogP contribution in [0.2, 0.25) is 0 Å². The molecule has 1 aromatic rings. The van der Waals surface area contributed by atoms with Gasteiger partial charge in [-0.05, 0) is 31.5 Å². The minimum Gasteiger partial charge on any atom is -0.575 e. The Hall–Kier alpha value is -2.19. The molecule has 10 heteroatoms. The summed E-state index contributed by atoms with van der Waals surface area (Å²) in [5.74, 6) is -5.09. The standard InChI is InChI=1S/C16H15BrN2O4S.C5H11NO/c1-16(2)22-14(20)12(15(21)23-16)11(10(7-18)13(19)24)8-3-5-9(17)6-4-8;1-6-2-4-7-5-3-6/h3-6,10-11,20H,1-2H3,(H2,19,24);2-5H2,1H3. The number of carbonyl (C=O) groups excluding carboxylic acids is 1. The van der Waals surface area contributed by atoms with Crippen molar-refractivity contribution in [1.82, 2.24) is 0 Å². The van der Waals surface area contributed by atoms with Crippen molar-refractivity contribution in [3.8, 4) is 6.07 Å². The number of morpholine rings is 1. The zero-order valence-electron chi connectivity index (χ0n) is 17.6. The molecule has 8 nitrogen and oxygen atoms in total. The molecule has 2 aliphatic rings. The Morgan fingerprint density at radius 3 is 2.29 bits per heavy atom. The zero-order chi connectivity index (χ0) is 23.2. The van der Waals surface area contributed by atoms with Crippen LogP contribution in [-0.2, 0) is 19.0 Å². The fraction of sp³-hybridized carbons (Fsp3) is 0.476. The molecule has 3 N–H and O–H groups in total. The van der Waals surface area contributed by atoms with E-state index in [1.165, 1.54) is 26.9 Å². The van der Waals surface area contributed by atoms with Crippen LogP contribution in [0.4, 0.5) is 0 Å². The smallest absolute Gasteiger partial charge is 0.337 e. The summed E-state index contributed by atoms with van der Waals surface area (Å²) in [6.07, 6.45) is 0. The second kappa shape index (κ2) is 10.9. The number of nitrogens with two attached hydrogens (primary N) is 1. The number of rotatable bonds is 4. The molecule has 1 fully saturated rings. The van der Waals surface area contributed by atoms with Crippen LogP contribution in [0.1, 0.15) is 25.3 Å². The number of likely N-dealkylation sites (N-methyl/N-ethyl adjacent to an activating group) is 1. The first-order chi connectivity index (χ1) is 14.6. The van der Waals surface area contributed by atoms with Gasteiger partial charge in [-0.2, -0.15) is 5.26 Å². The summed E-state index contributed by atoms with van der Waals surface area (Å²) >= 11 is 8.24. The third-order valence-corrected chi connectivity index (χ3v) is 5.56. The van der Waals surface area contributed by atoms with Gasteiger partial charge in [0, 0.05) is 10.4 Å². The average molecular weight is 512 g/mol. The zero-order valence-corrected chi connectivity index (χ0v) is 20.0. The maximum atomic E-state index is 12.4. The number of carbonyl (C=O) groups is 1. The van der Waals surface area contributed by atoms with Crippen molar-refractivity contribution in [3.05, 3.63) is 45.8 Å². The fourth-order valence-electron chi connectivity index (χ4n) is 3.13. The van der Waals surface area contributed by atoms with Gasteiger partial charge in [0.05, 0.1) is 42.8 Å². The number of nitriles is 1. The van der Waals surface area contributed by atoms with Crippen LogP contribution in [0.3, 0.4) is 0 Å². The molecule has 2 unspecified atom stereocenters. The second-order valence-corrected chi connectivity index (χ2v) is 9.09. The summed E-state index contributed by atoms with van der Waals surface area (Å²) in [6, 6.07) is 8.75. The van der Waals surface area contributed by atoms with Crippen LogP contribution in [0.25, 0.3) is 0 Å². The number of hydrogen-bond acceptors (Lipinski definition) is 7. The quantitative estimate of drug-likeness (QED) is 0.439. The van der Waals surface area contributed by atoms with Crippen LogP contribution in [0.5, 0.6) is 0 Å². The Morgan fingerprint density at radius 1 is 1.29 bits per heavy atom. The molecule has 0 saturated carbocycles. The van der Waals surface area contributed by atoms with Crippen molar-refractivity contribution < 1.29 is 29.0 Å². The van der Waals surface area contributed by atoms with Gasteiger partial charge in [0.15, 0.2) is 5.79 Å². The Morgan fingerprint density at radius 2 is 1.87 bits per heavy atom. The van der Waals surface area contributed by atoms with Gasteiger partial charge in [-0.1, -0.05) is 40.3 Å². The minimum atomic E-state index is -1.37. The summed E-state index contributed by atoms with van der Waals surface area (Å²) in [7, 11) is 2.20. The third-order valence-electron chi connectivity index (χ3n) is 4.78. The number of cyclic esters (lactones) is 1. The van der Waals surface area contributed by atoms with Gasteiger partial charge in [0.1, 0.15) is 19.0 Å². The van der Waals surface area contributed by atoms with Crippen LogP contribution in [-0.4, -0.2) is 50.1 Å². The largest absolute Gasteiger partial charge is 0.575 e. The molecule has 0 spiro atoms. The van der Waals surface area contributed by atoms with Gasteiger partial charge in [0.2, 0.25) is 0 Å². The highest BCUT2D eigenvalue weighted by molar-refractivity contribution is 9.10.